The summed E-state index contributed by atoms with van der Waals surface area (Å²) in [5.41, 5.74) is 3.20. The monoisotopic (exact) mass is 374 g/mol. The van der Waals surface area contributed by atoms with Gasteiger partial charge in [-0.25, -0.2) is 0 Å². The van der Waals surface area contributed by atoms with Crippen LogP contribution in [0.25, 0.3) is 0 Å². The highest BCUT2D eigenvalue weighted by Crippen LogP contribution is 2.25. The fourth-order valence-corrected chi connectivity index (χ4v) is 2.89. The van der Waals surface area contributed by atoms with Crippen LogP contribution < -0.4 is 5.32 Å². The summed E-state index contributed by atoms with van der Waals surface area (Å²) in [5, 5.41) is 4.24. The number of benzene rings is 1. The second-order valence-electron chi connectivity index (χ2n) is 5.39. The second-order valence-corrected chi connectivity index (χ2v) is 5.83. The Morgan fingerprint density at radius 1 is 1.26 bits per heavy atom. The van der Waals surface area contributed by atoms with E-state index in [-0.39, 0.29) is 24.8 Å². The van der Waals surface area contributed by atoms with Gasteiger partial charge in [-0.15, -0.1) is 24.8 Å². The zero-order valence-corrected chi connectivity index (χ0v) is 15.3. The Bertz CT molecular complexity index is 607. The molecule has 1 N–H and O–H groups in total. The Morgan fingerprint density at radius 2 is 2.09 bits per heavy atom. The van der Waals surface area contributed by atoms with Crippen molar-refractivity contribution in [3.05, 3.63) is 58.6 Å². The molecule has 23 heavy (non-hydrogen) atoms. The lowest BCUT2D eigenvalue weighted by molar-refractivity contribution is 0.152. The van der Waals surface area contributed by atoms with Gasteiger partial charge in [-0.3, -0.25) is 14.9 Å². The molecule has 2 aromatic rings. The van der Waals surface area contributed by atoms with Crippen molar-refractivity contribution < 1.29 is 0 Å². The van der Waals surface area contributed by atoms with Crippen molar-refractivity contribution in [2.45, 2.75) is 19.5 Å². The summed E-state index contributed by atoms with van der Waals surface area (Å²) in [6.07, 6.45) is 3.69. The summed E-state index contributed by atoms with van der Waals surface area (Å²) >= 11 is 6.13. The molecule has 126 valence electrons. The Labute approximate surface area is 154 Å². The molecule has 1 fully saturated rings. The molecule has 4 nitrogen and oxygen atoms in total. The highest BCUT2D eigenvalue weighted by molar-refractivity contribution is 6.30. The van der Waals surface area contributed by atoms with E-state index in [2.05, 4.69) is 26.3 Å². The van der Waals surface area contributed by atoms with Gasteiger partial charge in [-0.05, 0) is 24.6 Å². The zero-order chi connectivity index (χ0) is 14.7. The molecule has 3 rings (SSSR count). The zero-order valence-electron chi connectivity index (χ0n) is 12.9. The van der Waals surface area contributed by atoms with Crippen LogP contribution >= 0.6 is 36.4 Å². The van der Waals surface area contributed by atoms with Gasteiger partial charge in [0.25, 0.3) is 0 Å². The fourth-order valence-electron chi connectivity index (χ4n) is 2.69. The molecular formula is C16H21Cl3N4. The van der Waals surface area contributed by atoms with Crippen molar-refractivity contribution in [1.29, 1.82) is 0 Å². The maximum absolute atomic E-state index is 6.13. The van der Waals surface area contributed by atoms with Crippen LogP contribution in [0.2, 0.25) is 5.02 Å². The number of aromatic nitrogens is 2. The van der Waals surface area contributed by atoms with Gasteiger partial charge < -0.3 is 5.32 Å². The summed E-state index contributed by atoms with van der Waals surface area (Å²) in [7, 11) is 0. The average molecular weight is 376 g/mol. The third-order valence-electron chi connectivity index (χ3n) is 3.79. The van der Waals surface area contributed by atoms with E-state index in [1.165, 1.54) is 5.56 Å². The molecule has 1 aliphatic rings. The van der Waals surface area contributed by atoms with Gasteiger partial charge in [0.2, 0.25) is 0 Å². The molecular weight excluding hydrogens is 355 g/mol. The van der Waals surface area contributed by atoms with E-state index in [1.54, 1.807) is 0 Å². The van der Waals surface area contributed by atoms with Gasteiger partial charge in [-0.1, -0.05) is 23.7 Å². The molecule has 1 aromatic heterocycles. The minimum absolute atomic E-state index is 0. The minimum atomic E-state index is 0. The van der Waals surface area contributed by atoms with Crippen LogP contribution in [0, 0.1) is 6.92 Å². The summed E-state index contributed by atoms with van der Waals surface area (Å²) in [6.45, 7) is 5.69. The summed E-state index contributed by atoms with van der Waals surface area (Å²) < 4.78 is 0. The molecule has 1 aromatic carbocycles. The highest BCUT2D eigenvalue weighted by atomic mass is 35.5. The van der Waals surface area contributed by atoms with Gasteiger partial charge in [0.1, 0.15) is 0 Å². The molecule has 1 saturated heterocycles. The Hall–Kier alpha value is -0.910. The Kier molecular flexibility index (Phi) is 8.23. The first-order chi connectivity index (χ1) is 10.2. The fraction of sp³-hybridized carbons (Fsp3) is 0.375. The van der Waals surface area contributed by atoms with Crippen molar-refractivity contribution >= 4 is 36.4 Å². The van der Waals surface area contributed by atoms with E-state index in [1.807, 2.05) is 37.5 Å². The molecule has 1 unspecified atom stereocenters. The normalized spacial score (nSPS) is 17.9. The van der Waals surface area contributed by atoms with E-state index in [4.69, 9.17) is 11.6 Å². The molecule has 0 spiro atoms. The number of halogens is 3. The summed E-state index contributed by atoms with van der Waals surface area (Å²) in [6, 6.07) is 8.43. The SMILES string of the molecule is Cc1cnc(CN2CCNCC2c2cccc(Cl)c2)cn1.Cl.Cl. The van der Waals surface area contributed by atoms with Crippen molar-refractivity contribution in [2.75, 3.05) is 19.6 Å². The quantitative estimate of drug-likeness (QED) is 0.892. The van der Waals surface area contributed by atoms with Crippen LogP contribution in [0.3, 0.4) is 0 Å². The first-order valence-corrected chi connectivity index (χ1v) is 7.58. The van der Waals surface area contributed by atoms with Gasteiger partial charge >= 0.3 is 0 Å². The summed E-state index contributed by atoms with van der Waals surface area (Å²) in [4.78, 5) is 11.2. The molecule has 1 aliphatic heterocycles. The van der Waals surface area contributed by atoms with Crippen LogP contribution in [0.4, 0.5) is 0 Å². The lowest BCUT2D eigenvalue weighted by atomic mass is 10.0. The van der Waals surface area contributed by atoms with Crippen molar-refractivity contribution in [3.8, 4) is 0 Å². The van der Waals surface area contributed by atoms with Crippen LogP contribution in [0.1, 0.15) is 23.0 Å². The largest absolute Gasteiger partial charge is 0.314 e. The van der Waals surface area contributed by atoms with E-state index < -0.39 is 0 Å². The smallest absolute Gasteiger partial charge is 0.0727 e. The van der Waals surface area contributed by atoms with Gasteiger partial charge in [-0.2, -0.15) is 0 Å². The third kappa shape index (κ3) is 5.30. The van der Waals surface area contributed by atoms with Gasteiger partial charge in [0.15, 0.2) is 0 Å². The topological polar surface area (TPSA) is 41.1 Å². The number of hydrogen-bond acceptors (Lipinski definition) is 4. The van der Waals surface area contributed by atoms with Crippen LogP contribution in [0.5, 0.6) is 0 Å². The van der Waals surface area contributed by atoms with E-state index in [9.17, 15) is 0 Å². The first-order valence-electron chi connectivity index (χ1n) is 7.20. The minimum Gasteiger partial charge on any atom is -0.314 e. The van der Waals surface area contributed by atoms with E-state index in [0.29, 0.717) is 6.04 Å². The maximum Gasteiger partial charge on any atom is 0.0727 e. The molecule has 0 radical (unpaired) electrons. The van der Waals surface area contributed by atoms with Crippen LogP contribution in [-0.2, 0) is 6.54 Å². The summed E-state index contributed by atoms with van der Waals surface area (Å²) in [5.74, 6) is 0. The number of nitrogens with zero attached hydrogens (tertiary/aromatic N) is 3. The Morgan fingerprint density at radius 3 is 2.78 bits per heavy atom. The molecule has 1 atom stereocenters. The molecule has 7 heteroatoms. The van der Waals surface area contributed by atoms with Crippen LogP contribution in [0.15, 0.2) is 36.7 Å². The predicted octanol–water partition coefficient (Wildman–Crippen LogP) is 3.43. The number of nitrogens with one attached hydrogen (secondary N) is 1. The number of rotatable bonds is 3. The molecule has 0 aliphatic carbocycles. The van der Waals surface area contributed by atoms with E-state index >= 15 is 0 Å². The Balaban J connectivity index is 0.00000132. The van der Waals surface area contributed by atoms with Crippen molar-refractivity contribution in [1.82, 2.24) is 20.2 Å². The number of piperazine rings is 1. The van der Waals surface area contributed by atoms with Gasteiger partial charge in [0, 0.05) is 49.6 Å². The second kappa shape index (κ2) is 9.40. The van der Waals surface area contributed by atoms with Gasteiger partial charge in [0.05, 0.1) is 11.4 Å². The van der Waals surface area contributed by atoms with Crippen molar-refractivity contribution in [2.24, 2.45) is 0 Å². The maximum atomic E-state index is 6.13. The lowest BCUT2D eigenvalue weighted by Gasteiger charge is -2.36. The number of hydrogen-bond donors (Lipinski definition) is 1. The van der Waals surface area contributed by atoms with Crippen molar-refractivity contribution in [3.63, 3.8) is 0 Å². The third-order valence-corrected chi connectivity index (χ3v) is 4.02. The average Bonchev–Trinajstić information content (AvgIpc) is 2.50. The molecule has 0 saturated carbocycles. The van der Waals surface area contributed by atoms with E-state index in [0.717, 1.165) is 42.6 Å². The number of aryl methyl sites for hydroxylation is 1. The highest BCUT2D eigenvalue weighted by Gasteiger charge is 2.24. The molecule has 0 bridgehead atoms. The van der Waals surface area contributed by atoms with Crippen LogP contribution in [-0.4, -0.2) is 34.5 Å². The first kappa shape index (κ1) is 20.1. The molecule has 0 amide bonds. The standard InChI is InChI=1S/C16H19ClN4.2ClH/c1-12-8-20-15(9-19-12)11-21-6-5-18-10-16(21)13-3-2-4-14(17)7-13;;/h2-4,7-9,16,18H,5-6,10-11H2,1H3;2*1H. The molecule has 2 heterocycles. The lowest BCUT2D eigenvalue weighted by Crippen LogP contribution is -2.45. The predicted molar refractivity (Wildman–Crippen MR) is 98.7 cm³/mol.